The Bertz CT molecular complexity index is 592. The molecule has 8 heteroatoms. The predicted molar refractivity (Wildman–Crippen MR) is 89.4 cm³/mol. The fourth-order valence-corrected chi connectivity index (χ4v) is 3.14. The van der Waals surface area contributed by atoms with E-state index in [1.54, 1.807) is 25.3 Å². The molecule has 0 bridgehead atoms. The summed E-state index contributed by atoms with van der Waals surface area (Å²) in [7, 11) is -1.72. The fourth-order valence-electron chi connectivity index (χ4n) is 1.85. The summed E-state index contributed by atoms with van der Waals surface area (Å²) in [4.78, 5) is 12.0. The van der Waals surface area contributed by atoms with Crippen LogP contribution in [0, 0.1) is 0 Å². The van der Waals surface area contributed by atoms with Crippen LogP contribution in [-0.4, -0.2) is 58.2 Å². The molecule has 0 atom stereocenters. The summed E-state index contributed by atoms with van der Waals surface area (Å²) in [6, 6.07) is 7.01. The third-order valence-corrected chi connectivity index (χ3v) is 4.75. The zero-order valence-electron chi connectivity index (χ0n) is 12.7. The van der Waals surface area contributed by atoms with Gasteiger partial charge in [-0.25, -0.2) is 12.7 Å². The lowest BCUT2D eigenvalue weighted by molar-refractivity contribution is 0.0951. The van der Waals surface area contributed by atoms with Crippen LogP contribution in [-0.2, 0) is 14.8 Å². The highest BCUT2D eigenvalue weighted by atomic mass is 79.9. The minimum atomic E-state index is -3.30. The molecule has 0 fully saturated rings. The Labute approximate surface area is 140 Å². The molecule has 0 radical (unpaired) electrons. The van der Waals surface area contributed by atoms with Crippen LogP contribution in [0.2, 0.25) is 0 Å². The van der Waals surface area contributed by atoms with Crippen LogP contribution in [0.1, 0.15) is 16.8 Å². The average molecular weight is 393 g/mol. The van der Waals surface area contributed by atoms with Crippen LogP contribution >= 0.6 is 15.9 Å². The quantitative estimate of drug-likeness (QED) is 0.645. The van der Waals surface area contributed by atoms with E-state index in [-0.39, 0.29) is 19.0 Å². The highest BCUT2D eigenvalue weighted by molar-refractivity contribution is 9.10. The first-order chi connectivity index (χ1) is 10.3. The topological polar surface area (TPSA) is 75.7 Å². The van der Waals surface area contributed by atoms with Crippen molar-refractivity contribution in [3.05, 3.63) is 34.3 Å². The predicted octanol–water partition coefficient (Wildman–Crippen LogP) is 1.48. The largest absolute Gasteiger partial charge is 0.385 e. The molecule has 0 saturated heterocycles. The zero-order chi connectivity index (χ0) is 16.6. The van der Waals surface area contributed by atoms with Gasteiger partial charge < -0.3 is 10.1 Å². The van der Waals surface area contributed by atoms with Gasteiger partial charge >= 0.3 is 0 Å². The Morgan fingerprint density at radius 1 is 1.36 bits per heavy atom. The summed E-state index contributed by atoms with van der Waals surface area (Å²) >= 11 is 3.30. The maximum Gasteiger partial charge on any atom is 0.251 e. The number of rotatable bonds is 9. The number of carbonyl (C=O) groups excluding carboxylic acids is 1. The number of nitrogens with one attached hydrogen (secondary N) is 1. The molecule has 1 amide bonds. The maximum absolute atomic E-state index is 12.0. The van der Waals surface area contributed by atoms with Crippen molar-refractivity contribution in [2.75, 3.05) is 39.6 Å². The fraction of sp³-hybridized carbons (Fsp3) is 0.500. The van der Waals surface area contributed by atoms with E-state index in [0.717, 1.165) is 10.7 Å². The molecule has 0 aromatic heterocycles. The summed E-state index contributed by atoms with van der Waals surface area (Å²) in [6.45, 7) is 1.36. The molecule has 22 heavy (non-hydrogen) atoms. The van der Waals surface area contributed by atoms with Crippen LogP contribution < -0.4 is 5.32 Å². The number of hydrogen-bond donors (Lipinski definition) is 1. The van der Waals surface area contributed by atoms with Crippen molar-refractivity contribution >= 4 is 31.9 Å². The molecule has 0 aliphatic heterocycles. The molecule has 0 heterocycles. The third-order valence-electron chi connectivity index (χ3n) is 2.96. The van der Waals surface area contributed by atoms with E-state index in [9.17, 15) is 13.2 Å². The smallest absolute Gasteiger partial charge is 0.251 e. The number of nitrogens with zero attached hydrogens (tertiary/aromatic N) is 1. The van der Waals surface area contributed by atoms with E-state index >= 15 is 0 Å². The molecule has 0 unspecified atom stereocenters. The van der Waals surface area contributed by atoms with Gasteiger partial charge in [0.25, 0.3) is 5.91 Å². The number of ether oxygens (including phenoxy) is 1. The van der Waals surface area contributed by atoms with Crippen molar-refractivity contribution in [1.82, 2.24) is 9.62 Å². The number of sulfonamides is 1. The van der Waals surface area contributed by atoms with Gasteiger partial charge in [0, 0.05) is 43.4 Å². The van der Waals surface area contributed by atoms with Crippen LogP contribution in [0.3, 0.4) is 0 Å². The number of amides is 1. The van der Waals surface area contributed by atoms with Crippen molar-refractivity contribution in [3.8, 4) is 0 Å². The molecular weight excluding hydrogens is 372 g/mol. The molecule has 1 aromatic carbocycles. The van der Waals surface area contributed by atoms with Gasteiger partial charge in [-0.05, 0) is 24.6 Å². The van der Waals surface area contributed by atoms with Crippen molar-refractivity contribution in [3.63, 3.8) is 0 Å². The van der Waals surface area contributed by atoms with Gasteiger partial charge in [-0.1, -0.05) is 22.0 Å². The first kappa shape index (κ1) is 19.1. The number of hydrogen-bond acceptors (Lipinski definition) is 4. The Morgan fingerprint density at radius 2 is 2.09 bits per heavy atom. The monoisotopic (exact) mass is 392 g/mol. The number of benzene rings is 1. The number of methoxy groups -OCH3 is 1. The standard InChI is InChI=1S/C14H21BrN2O4S/c1-21-10-4-8-17(22(2,19)20)9-7-16-14(18)12-5-3-6-13(15)11-12/h3,5-6,11H,4,7-10H2,1-2H3,(H,16,18). The van der Waals surface area contributed by atoms with Crippen molar-refractivity contribution in [2.24, 2.45) is 0 Å². The van der Waals surface area contributed by atoms with Crippen molar-refractivity contribution in [1.29, 1.82) is 0 Å². The third kappa shape index (κ3) is 6.87. The lowest BCUT2D eigenvalue weighted by Crippen LogP contribution is -2.38. The number of carbonyl (C=O) groups is 1. The van der Waals surface area contributed by atoms with E-state index in [4.69, 9.17) is 4.74 Å². The minimum Gasteiger partial charge on any atom is -0.385 e. The summed E-state index contributed by atoms with van der Waals surface area (Å²) < 4.78 is 30.4. The van der Waals surface area contributed by atoms with Crippen LogP contribution in [0.4, 0.5) is 0 Å². The van der Waals surface area contributed by atoms with Gasteiger partial charge in [-0.3, -0.25) is 4.79 Å². The van der Waals surface area contributed by atoms with E-state index in [2.05, 4.69) is 21.2 Å². The summed E-state index contributed by atoms with van der Waals surface area (Å²) in [5.41, 5.74) is 0.527. The summed E-state index contributed by atoms with van der Waals surface area (Å²) in [5, 5.41) is 2.72. The van der Waals surface area contributed by atoms with Gasteiger partial charge in [0.1, 0.15) is 0 Å². The molecule has 1 rings (SSSR count). The van der Waals surface area contributed by atoms with Gasteiger partial charge in [-0.2, -0.15) is 0 Å². The van der Waals surface area contributed by atoms with Crippen LogP contribution in [0.25, 0.3) is 0 Å². The highest BCUT2D eigenvalue weighted by Crippen LogP contribution is 2.11. The number of halogens is 1. The minimum absolute atomic E-state index is 0.230. The summed E-state index contributed by atoms with van der Waals surface area (Å²) in [6.07, 6.45) is 1.78. The second kappa shape index (κ2) is 9.24. The molecule has 124 valence electrons. The molecule has 0 aliphatic carbocycles. The molecule has 0 spiro atoms. The highest BCUT2D eigenvalue weighted by Gasteiger charge is 2.16. The molecule has 1 aromatic rings. The van der Waals surface area contributed by atoms with Gasteiger partial charge in [0.15, 0.2) is 0 Å². The first-order valence-corrected chi connectivity index (χ1v) is 9.46. The first-order valence-electron chi connectivity index (χ1n) is 6.82. The van der Waals surface area contributed by atoms with E-state index in [0.29, 0.717) is 25.1 Å². The van der Waals surface area contributed by atoms with Crippen LogP contribution in [0.5, 0.6) is 0 Å². The second-order valence-corrected chi connectivity index (χ2v) is 7.67. The lowest BCUT2D eigenvalue weighted by atomic mass is 10.2. The van der Waals surface area contributed by atoms with Gasteiger partial charge in [0.05, 0.1) is 6.26 Å². The van der Waals surface area contributed by atoms with E-state index in [1.807, 2.05) is 6.07 Å². The average Bonchev–Trinajstić information content (AvgIpc) is 2.44. The normalized spacial score (nSPS) is 11.6. The van der Waals surface area contributed by atoms with Crippen LogP contribution in [0.15, 0.2) is 28.7 Å². The second-order valence-electron chi connectivity index (χ2n) is 4.77. The maximum atomic E-state index is 12.0. The van der Waals surface area contributed by atoms with Gasteiger partial charge in [0.2, 0.25) is 10.0 Å². The van der Waals surface area contributed by atoms with Gasteiger partial charge in [-0.15, -0.1) is 0 Å². The Balaban J connectivity index is 2.50. The Hall–Kier alpha value is -0.960. The van der Waals surface area contributed by atoms with E-state index < -0.39 is 10.0 Å². The Morgan fingerprint density at radius 3 is 2.68 bits per heavy atom. The molecule has 0 saturated carbocycles. The summed E-state index contributed by atoms with van der Waals surface area (Å²) in [5.74, 6) is -0.230. The SMILES string of the molecule is COCCCN(CCNC(=O)c1cccc(Br)c1)S(C)(=O)=O. The molecular formula is C14H21BrN2O4S. The van der Waals surface area contributed by atoms with Crippen molar-refractivity contribution in [2.45, 2.75) is 6.42 Å². The van der Waals surface area contributed by atoms with E-state index in [1.165, 1.54) is 4.31 Å². The Kier molecular flexibility index (Phi) is 8.02. The lowest BCUT2D eigenvalue weighted by Gasteiger charge is -2.20. The zero-order valence-corrected chi connectivity index (χ0v) is 15.1. The van der Waals surface area contributed by atoms with Crippen molar-refractivity contribution < 1.29 is 17.9 Å². The molecule has 0 aliphatic rings. The molecule has 1 N–H and O–H groups in total. The molecule has 6 nitrogen and oxygen atoms in total.